The Labute approximate surface area is 146 Å². The second-order valence-corrected chi connectivity index (χ2v) is 6.69. The van der Waals surface area contributed by atoms with Crippen LogP contribution in [0.1, 0.15) is 23.2 Å². The van der Waals surface area contributed by atoms with Gasteiger partial charge < -0.3 is 10.2 Å². The first kappa shape index (κ1) is 17.5. The number of nitrogens with one attached hydrogen (secondary N) is 1. The SMILES string of the molecule is Cl.Cl.O=C(N[C@H]1CN2CCC1CC2)c1cnc2ccsc2c1. The van der Waals surface area contributed by atoms with Crippen LogP contribution in [0.25, 0.3) is 10.2 Å². The largest absolute Gasteiger partial charge is 0.348 e. The number of pyridine rings is 1. The molecule has 0 saturated carbocycles. The Morgan fingerprint density at radius 2 is 2.09 bits per heavy atom. The first-order valence-electron chi connectivity index (χ1n) is 7.16. The Morgan fingerprint density at radius 3 is 2.77 bits per heavy atom. The van der Waals surface area contributed by atoms with Gasteiger partial charge >= 0.3 is 0 Å². The van der Waals surface area contributed by atoms with Crippen molar-refractivity contribution < 1.29 is 4.79 Å². The van der Waals surface area contributed by atoms with Gasteiger partial charge in [0.05, 0.1) is 15.8 Å². The number of aromatic nitrogens is 1. The van der Waals surface area contributed by atoms with Gasteiger partial charge in [0.2, 0.25) is 0 Å². The summed E-state index contributed by atoms with van der Waals surface area (Å²) >= 11 is 1.63. The molecular weight excluding hydrogens is 341 g/mol. The lowest BCUT2D eigenvalue weighted by atomic mass is 9.84. The number of piperidine rings is 3. The average molecular weight is 360 g/mol. The summed E-state index contributed by atoms with van der Waals surface area (Å²) in [6.07, 6.45) is 4.12. The molecule has 3 saturated heterocycles. The van der Waals surface area contributed by atoms with Crippen LogP contribution in [0, 0.1) is 5.92 Å². The van der Waals surface area contributed by atoms with Gasteiger partial charge in [0.15, 0.2) is 0 Å². The number of nitrogens with zero attached hydrogens (tertiary/aromatic N) is 2. The van der Waals surface area contributed by atoms with E-state index in [2.05, 4.69) is 15.2 Å². The van der Waals surface area contributed by atoms with E-state index in [0.29, 0.717) is 17.5 Å². The Hall–Kier alpha value is -0.880. The summed E-state index contributed by atoms with van der Waals surface area (Å²) in [6.45, 7) is 3.39. The molecule has 1 N–H and O–H groups in total. The molecule has 3 aliphatic rings. The number of amides is 1. The van der Waals surface area contributed by atoms with Crippen LogP contribution in [0.5, 0.6) is 0 Å². The lowest BCUT2D eigenvalue weighted by Crippen LogP contribution is -2.57. The topological polar surface area (TPSA) is 45.2 Å². The molecule has 5 heterocycles. The van der Waals surface area contributed by atoms with Crippen molar-refractivity contribution in [1.29, 1.82) is 0 Å². The molecule has 0 radical (unpaired) electrons. The van der Waals surface area contributed by atoms with Gasteiger partial charge in [0.25, 0.3) is 5.91 Å². The highest BCUT2D eigenvalue weighted by Gasteiger charge is 2.34. The summed E-state index contributed by atoms with van der Waals surface area (Å²) in [5.74, 6) is 0.675. The molecule has 2 aromatic rings. The fourth-order valence-electron chi connectivity index (χ4n) is 3.35. The van der Waals surface area contributed by atoms with E-state index < -0.39 is 0 Å². The number of hydrogen-bond acceptors (Lipinski definition) is 4. The van der Waals surface area contributed by atoms with Crippen LogP contribution >= 0.6 is 36.2 Å². The lowest BCUT2D eigenvalue weighted by Gasteiger charge is -2.44. The number of rotatable bonds is 2. The summed E-state index contributed by atoms with van der Waals surface area (Å²) in [4.78, 5) is 19.2. The van der Waals surface area contributed by atoms with Gasteiger partial charge in [-0.25, -0.2) is 0 Å². The Bertz CT molecular complexity index is 655. The van der Waals surface area contributed by atoms with Gasteiger partial charge in [-0.3, -0.25) is 9.78 Å². The molecule has 0 aromatic carbocycles. The quantitative estimate of drug-likeness (QED) is 0.896. The van der Waals surface area contributed by atoms with E-state index in [0.717, 1.165) is 16.8 Å². The maximum atomic E-state index is 12.4. The van der Waals surface area contributed by atoms with Gasteiger partial charge in [-0.05, 0) is 49.4 Å². The molecule has 22 heavy (non-hydrogen) atoms. The molecule has 0 spiro atoms. The third-order valence-electron chi connectivity index (χ3n) is 4.54. The predicted octanol–water partition coefficient (Wildman–Crippen LogP) is 2.96. The number of carbonyl (C=O) groups is 1. The van der Waals surface area contributed by atoms with Crippen molar-refractivity contribution >= 4 is 52.3 Å². The molecule has 2 aromatic heterocycles. The number of carbonyl (C=O) groups excluding carboxylic acids is 1. The van der Waals surface area contributed by atoms with E-state index in [1.807, 2.05) is 17.5 Å². The van der Waals surface area contributed by atoms with Gasteiger partial charge in [-0.2, -0.15) is 0 Å². The van der Waals surface area contributed by atoms with E-state index in [4.69, 9.17) is 0 Å². The molecule has 7 heteroatoms. The second kappa shape index (κ2) is 7.13. The summed E-state index contributed by atoms with van der Waals surface area (Å²) in [5, 5.41) is 5.21. The maximum Gasteiger partial charge on any atom is 0.253 e. The fraction of sp³-hybridized carbons (Fsp3) is 0.467. The second-order valence-electron chi connectivity index (χ2n) is 5.75. The Balaban J connectivity index is 0.000000882. The summed E-state index contributed by atoms with van der Waals surface area (Å²) in [5.41, 5.74) is 1.64. The zero-order valence-corrected chi connectivity index (χ0v) is 14.5. The van der Waals surface area contributed by atoms with E-state index in [1.165, 1.54) is 25.9 Å². The highest BCUT2D eigenvalue weighted by atomic mass is 35.5. The first-order chi connectivity index (χ1) is 9.79. The Kier molecular flexibility index (Phi) is 5.66. The normalized spacial score (nSPS) is 26.1. The van der Waals surface area contributed by atoms with E-state index in [-0.39, 0.29) is 30.7 Å². The predicted molar refractivity (Wildman–Crippen MR) is 94.5 cm³/mol. The molecule has 0 aliphatic carbocycles. The highest BCUT2D eigenvalue weighted by molar-refractivity contribution is 7.17. The fourth-order valence-corrected chi connectivity index (χ4v) is 4.13. The van der Waals surface area contributed by atoms with Crippen LogP contribution in [-0.4, -0.2) is 41.5 Å². The highest BCUT2D eigenvalue weighted by Crippen LogP contribution is 2.28. The van der Waals surface area contributed by atoms with Crippen LogP contribution in [0.2, 0.25) is 0 Å². The first-order valence-corrected chi connectivity index (χ1v) is 8.04. The van der Waals surface area contributed by atoms with Gasteiger partial charge in [0, 0.05) is 18.8 Å². The van der Waals surface area contributed by atoms with Crippen LogP contribution < -0.4 is 5.32 Å². The standard InChI is InChI=1S/C15H17N3OS.2ClH/c19-15(11-7-14-12(16-8-11)3-6-20-14)17-13-9-18-4-1-10(13)2-5-18;;/h3,6-8,10,13H,1-2,4-5,9H2,(H,17,19);2*1H/t13-;;/m0../s1. The lowest BCUT2D eigenvalue weighted by molar-refractivity contribution is 0.0620. The maximum absolute atomic E-state index is 12.4. The monoisotopic (exact) mass is 359 g/mol. The van der Waals surface area contributed by atoms with Crippen molar-refractivity contribution in [2.75, 3.05) is 19.6 Å². The minimum Gasteiger partial charge on any atom is -0.348 e. The van der Waals surface area contributed by atoms with E-state index in [1.54, 1.807) is 17.5 Å². The van der Waals surface area contributed by atoms with Crippen LogP contribution in [-0.2, 0) is 0 Å². The van der Waals surface area contributed by atoms with Crippen molar-refractivity contribution in [2.45, 2.75) is 18.9 Å². The number of halogens is 2. The number of hydrogen-bond donors (Lipinski definition) is 1. The third-order valence-corrected chi connectivity index (χ3v) is 5.39. The molecule has 2 bridgehead atoms. The summed E-state index contributed by atoms with van der Waals surface area (Å²) in [6, 6.07) is 4.24. The van der Waals surface area contributed by atoms with Gasteiger partial charge in [0.1, 0.15) is 0 Å². The number of fused-ring (bicyclic) bond motifs is 4. The van der Waals surface area contributed by atoms with Crippen molar-refractivity contribution in [3.8, 4) is 0 Å². The molecule has 5 rings (SSSR count). The molecule has 3 aliphatic heterocycles. The minimum absolute atomic E-state index is 0. The zero-order chi connectivity index (χ0) is 13.5. The Morgan fingerprint density at radius 1 is 1.32 bits per heavy atom. The van der Waals surface area contributed by atoms with E-state index >= 15 is 0 Å². The smallest absolute Gasteiger partial charge is 0.253 e. The summed E-state index contributed by atoms with van der Waals surface area (Å²) in [7, 11) is 0. The molecule has 1 atom stereocenters. The number of thiophene rings is 1. The molecule has 4 nitrogen and oxygen atoms in total. The van der Waals surface area contributed by atoms with Gasteiger partial charge in [-0.15, -0.1) is 36.2 Å². The van der Waals surface area contributed by atoms with Crippen LogP contribution in [0.15, 0.2) is 23.7 Å². The van der Waals surface area contributed by atoms with Gasteiger partial charge in [-0.1, -0.05) is 0 Å². The third kappa shape index (κ3) is 3.23. The molecule has 3 fully saturated rings. The van der Waals surface area contributed by atoms with Crippen LogP contribution in [0.4, 0.5) is 0 Å². The zero-order valence-electron chi connectivity index (χ0n) is 12.0. The van der Waals surface area contributed by atoms with Crippen molar-refractivity contribution in [3.63, 3.8) is 0 Å². The average Bonchev–Trinajstić information content (AvgIpc) is 2.96. The van der Waals surface area contributed by atoms with Crippen molar-refractivity contribution in [2.24, 2.45) is 5.92 Å². The molecule has 120 valence electrons. The molecule has 1 amide bonds. The van der Waals surface area contributed by atoms with Crippen molar-refractivity contribution in [1.82, 2.24) is 15.2 Å². The molecule has 0 unspecified atom stereocenters. The van der Waals surface area contributed by atoms with Crippen molar-refractivity contribution in [3.05, 3.63) is 29.3 Å². The van der Waals surface area contributed by atoms with E-state index in [9.17, 15) is 4.79 Å². The summed E-state index contributed by atoms with van der Waals surface area (Å²) < 4.78 is 1.08. The van der Waals surface area contributed by atoms with Crippen LogP contribution in [0.3, 0.4) is 0 Å². The minimum atomic E-state index is 0. The molecular formula is C15H19Cl2N3OS.